The first-order valence-corrected chi connectivity index (χ1v) is 9.56. The molecule has 0 radical (unpaired) electrons. The van der Waals surface area contributed by atoms with E-state index in [4.69, 9.17) is 8.99 Å². The molecule has 26 heavy (non-hydrogen) atoms. The molecule has 1 aliphatic rings. The summed E-state index contributed by atoms with van der Waals surface area (Å²) in [5, 5.41) is 0.656. The standard InChI is InChI=1S/C18H17FN2.C2H6.HNOS/c19-17-13-7-1-3-9-15(13)20-18(17)14-8-2-4-10-16(14)21-11-5-6-12-21;1-2;1-3-2/h1-4,7-10,20H,5-6,11-12H2;1-2H3;1H. The fourth-order valence-electron chi connectivity index (χ4n) is 3.21. The molecule has 4 rings (SSSR count). The van der Waals surface area contributed by atoms with Crippen molar-refractivity contribution in [2.24, 2.45) is 0 Å². The molecule has 0 saturated carbocycles. The van der Waals surface area contributed by atoms with Crippen molar-refractivity contribution in [1.82, 2.24) is 4.98 Å². The first-order valence-electron chi connectivity index (χ1n) is 8.82. The van der Waals surface area contributed by atoms with Crippen LogP contribution in [0.15, 0.2) is 48.5 Å². The molecule has 2 heterocycles. The van der Waals surface area contributed by atoms with Crippen molar-refractivity contribution in [2.75, 3.05) is 18.0 Å². The van der Waals surface area contributed by atoms with Gasteiger partial charge in [0.1, 0.15) is 0 Å². The number of halogens is 1. The number of para-hydroxylation sites is 2. The van der Waals surface area contributed by atoms with Gasteiger partial charge in [0.2, 0.25) is 0 Å². The van der Waals surface area contributed by atoms with Crippen LogP contribution in [0.2, 0.25) is 0 Å². The lowest BCUT2D eigenvalue weighted by atomic mass is 10.1. The summed E-state index contributed by atoms with van der Waals surface area (Å²) < 4.78 is 28.8. The van der Waals surface area contributed by atoms with E-state index in [9.17, 15) is 4.39 Å². The molecule has 3 aromatic rings. The van der Waals surface area contributed by atoms with Gasteiger partial charge in [0.15, 0.2) is 17.3 Å². The summed E-state index contributed by atoms with van der Waals surface area (Å²) in [7, 11) is 0. The Morgan fingerprint density at radius 1 is 1.04 bits per heavy atom. The highest BCUT2D eigenvalue weighted by molar-refractivity contribution is 7.53. The second kappa shape index (κ2) is 9.87. The second-order valence-electron chi connectivity index (χ2n) is 5.65. The van der Waals surface area contributed by atoms with Crippen LogP contribution in [-0.4, -0.2) is 22.3 Å². The van der Waals surface area contributed by atoms with Crippen molar-refractivity contribution >= 4 is 28.1 Å². The molecule has 2 aromatic carbocycles. The third kappa shape index (κ3) is 4.19. The Bertz CT molecular complexity index is 882. The quantitative estimate of drug-likeness (QED) is 0.617. The highest BCUT2D eigenvalue weighted by atomic mass is 32.1. The fraction of sp³-hybridized carbons (Fsp3) is 0.300. The molecule has 2 N–H and O–H groups in total. The van der Waals surface area contributed by atoms with Crippen molar-refractivity contribution < 1.29 is 8.60 Å². The van der Waals surface area contributed by atoms with Crippen LogP contribution in [0.3, 0.4) is 0 Å². The van der Waals surface area contributed by atoms with Gasteiger partial charge in [0, 0.05) is 35.2 Å². The topological polar surface area (TPSA) is 60.0 Å². The molecule has 138 valence electrons. The highest BCUT2D eigenvalue weighted by Gasteiger charge is 2.20. The van der Waals surface area contributed by atoms with Crippen LogP contribution >= 0.6 is 0 Å². The minimum atomic E-state index is -0.250. The zero-order chi connectivity index (χ0) is 18.9. The number of hydrogen-bond donors (Lipinski definition) is 2. The lowest BCUT2D eigenvalue weighted by Gasteiger charge is -2.20. The van der Waals surface area contributed by atoms with Crippen molar-refractivity contribution in [3.05, 3.63) is 54.3 Å². The van der Waals surface area contributed by atoms with E-state index in [2.05, 4.69) is 16.0 Å². The molecular weight excluding hydrogens is 349 g/mol. The molecule has 0 amide bonds. The summed E-state index contributed by atoms with van der Waals surface area (Å²) in [4.78, 5) is 5.59. The number of rotatable bonds is 2. The number of aromatic amines is 1. The fourth-order valence-corrected chi connectivity index (χ4v) is 3.21. The van der Waals surface area contributed by atoms with Crippen LogP contribution in [0.1, 0.15) is 26.7 Å². The van der Waals surface area contributed by atoms with Gasteiger partial charge in [-0.3, -0.25) is 0 Å². The number of anilines is 1. The number of hydrogen-bond acceptors (Lipinski definition) is 3. The van der Waals surface area contributed by atoms with Crippen LogP contribution in [-0.2, 0) is 11.5 Å². The highest BCUT2D eigenvalue weighted by Crippen LogP contribution is 2.36. The van der Waals surface area contributed by atoms with Crippen molar-refractivity contribution in [1.29, 1.82) is 4.78 Å². The van der Waals surface area contributed by atoms with E-state index in [1.54, 1.807) is 0 Å². The Morgan fingerprint density at radius 2 is 1.62 bits per heavy atom. The van der Waals surface area contributed by atoms with Crippen molar-refractivity contribution in [3.63, 3.8) is 0 Å². The molecule has 0 unspecified atom stereocenters. The van der Waals surface area contributed by atoms with E-state index in [1.165, 1.54) is 12.8 Å². The second-order valence-corrected chi connectivity index (χ2v) is 5.82. The van der Waals surface area contributed by atoms with Crippen LogP contribution in [0, 0.1) is 10.6 Å². The summed E-state index contributed by atoms with van der Waals surface area (Å²) in [6, 6.07) is 15.6. The van der Waals surface area contributed by atoms with E-state index in [1.807, 2.05) is 56.3 Å². The van der Waals surface area contributed by atoms with Crippen LogP contribution < -0.4 is 4.90 Å². The average Bonchev–Trinajstić information content (AvgIpc) is 3.33. The molecule has 4 nitrogen and oxygen atoms in total. The average molecular weight is 373 g/mol. The van der Waals surface area contributed by atoms with Crippen LogP contribution in [0.4, 0.5) is 10.1 Å². The van der Waals surface area contributed by atoms with Gasteiger partial charge in [0.05, 0.1) is 5.69 Å². The lowest BCUT2D eigenvalue weighted by Crippen LogP contribution is -2.18. The molecule has 0 bridgehead atoms. The van der Waals surface area contributed by atoms with Gasteiger partial charge in [-0.2, -0.15) is 4.21 Å². The van der Waals surface area contributed by atoms with Gasteiger partial charge >= 0.3 is 0 Å². The summed E-state index contributed by atoms with van der Waals surface area (Å²) in [6.45, 7) is 6.11. The molecule has 1 aliphatic heterocycles. The van der Waals surface area contributed by atoms with Gasteiger partial charge in [0.25, 0.3) is 0 Å². The van der Waals surface area contributed by atoms with E-state index in [0.29, 0.717) is 11.1 Å². The molecule has 0 aliphatic carbocycles. The van der Waals surface area contributed by atoms with Gasteiger partial charge in [-0.1, -0.05) is 44.2 Å². The number of benzene rings is 2. The molecule has 0 spiro atoms. The SMILES string of the molecule is CC.Fc1c(-c2ccccc2N2CCCC2)[nH]c2ccccc12.N=S=O. The smallest absolute Gasteiger partial charge is 0.196 e. The number of nitrogens with zero attached hydrogens (tertiary/aromatic N) is 1. The summed E-state index contributed by atoms with van der Waals surface area (Å²) in [6.07, 6.45) is 2.42. The van der Waals surface area contributed by atoms with Gasteiger partial charge in [-0.05, 0) is 31.0 Å². The number of nitrogens with one attached hydrogen (secondary N) is 2. The Morgan fingerprint density at radius 3 is 2.27 bits per heavy atom. The van der Waals surface area contributed by atoms with Crippen molar-refractivity contribution in [2.45, 2.75) is 26.7 Å². The van der Waals surface area contributed by atoms with E-state index < -0.39 is 0 Å². The Hall–Kier alpha value is -2.47. The first-order chi connectivity index (χ1) is 12.8. The zero-order valence-electron chi connectivity index (χ0n) is 15.1. The van der Waals surface area contributed by atoms with E-state index >= 15 is 0 Å². The van der Waals surface area contributed by atoms with Crippen LogP contribution in [0.5, 0.6) is 0 Å². The first kappa shape index (κ1) is 19.8. The maximum atomic E-state index is 14.7. The Balaban J connectivity index is 0.000000444. The van der Waals surface area contributed by atoms with E-state index in [0.717, 1.165) is 29.9 Å². The minimum Gasteiger partial charge on any atom is -0.371 e. The van der Waals surface area contributed by atoms with Crippen LogP contribution in [0.25, 0.3) is 22.2 Å². The third-order valence-corrected chi connectivity index (χ3v) is 4.26. The van der Waals surface area contributed by atoms with Gasteiger partial charge < -0.3 is 9.88 Å². The molecule has 6 heteroatoms. The summed E-state index contributed by atoms with van der Waals surface area (Å²) in [5.41, 5.74) is 3.52. The predicted molar refractivity (Wildman–Crippen MR) is 107 cm³/mol. The maximum absolute atomic E-state index is 14.7. The molecule has 0 atom stereocenters. The molecular formula is C20H24FN3OS. The van der Waals surface area contributed by atoms with Crippen molar-refractivity contribution in [3.8, 4) is 11.3 Å². The normalized spacial score (nSPS) is 12.8. The molecule has 1 aromatic heterocycles. The molecule has 1 saturated heterocycles. The van der Waals surface area contributed by atoms with Gasteiger partial charge in [-0.25, -0.2) is 9.17 Å². The Kier molecular flexibility index (Phi) is 7.53. The third-order valence-electron chi connectivity index (χ3n) is 4.26. The van der Waals surface area contributed by atoms with E-state index in [-0.39, 0.29) is 17.3 Å². The number of H-pyrrole nitrogens is 1. The minimum absolute atomic E-state index is 0.155. The zero-order valence-corrected chi connectivity index (χ0v) is 15.9. The predicted octanol–water partition coefficient (Wildman–Crippen LogP) is 5.56. The largest absolute Gasteiger partial charge is 0.371 e. The monoisotopic (exact) mass is 373 g/mol. The summed E-state index contributed by atoms with van der Waals surface area (Å²) >= 11 is -0.250. The van der Waals surface area contributed by atoms with Gasteiger partial charge in [-0.15, -0.1) is 0 Å². The maximum Gasteiger partial charge on any atom is 0.196 e. The summed E-state index contributed by atoms with van der Waals surface area (Å²) in [5.74, 6) is -0.155. The number of aromatic nitrogens is 1. The Labute approximate surface area is 157 Å². The molecule has 1 fully saturated rings. The number of fused-ring (bicyclic) bond motifs is 1. The lowest BCUT2D eigenvalue weighted by molar-refractivity contribution is 0.643.